The van der Waals surface area contributed by atoms with Crippen molar-refractivity contribution < 1.29 is 13.3 Å². The zero-order valence-corrected chi connectivity index (χ0v) is 9.09. The molecule has 3 rings (SSSR count). The minimum absolute atomic E-state index is 0.458. The molecule has 0 spiro atoms. The van der Waals surface area contributed by atoms with Crippen LogP contribution >= 0.6 is 0 Å². The second-order valence-corrected chi connectivity index (χ2v) is 5.71. The van der Waals surface area contributed by atoms with Crippen molar-refractivity contribution in [1.82, 2.24) is 0 Å². The summed E-state index contributed by atoms with van der Waals surface area (Å²) >= 11 is 0. The Kier molecular flexibility index (Phi) is 1.91. The number of hydrogen-bond acceptors (Lipinski definition) is 4. The Morgan fingerprint density at radius 2 is 1.94 bits per heavy atom. The normalized spacial score (nSPS) is 29.6. The summed E-state index contributed by atoms with van der Waals surface area (Å²) in [6.07, 6.45) is 1.08. The first-order chi connectivity index (χ1) is 7.68. The first kappa shape index (κ1) is 9.59. The van der Waals surface area contributed by atoms with Crippen LogP contribution in [0.2, 0.25) is 0 Å². The fourth-order valence-electron chi connectivity index (χ4n) is 1.96. The van der Waals surface area contributed by atoms with Crippen LogP contribution in [-0.4, -0.2) is 25.5 Å². The molecular formula is C11H9NO3S. The SMILES string of the molecule is O=S1(=O)C=C[C@H]2ON=C(c3ccccc3)[C@@H]21. The van der Waals surface area contributed by atoms with Crippen LogP contribution in [0.4, 0.5) is 0 Å². The van der Waals surface area contributed by atoms with Crippen LogP contribution in [0.5, 0.6) is 0 Å². The lowest BCUT2D eigenvalue weighted by molar-refractivity contribution is 0.123. The van der Waals surface area contributed by atoms with Crippen molar-refractivity contribution in [2.24, 2.45) is 5.16 Å². The molecule has 2 aliphatic heterocycles. The maximum Gasteiger partial charge on any atom is 0.184 e. The van der Waals surface area contributed by atoms with Gasteiger partial charge in [-0.15, -0.1) is 0 Å². The molecule has 0 fully saturated rings. The van der Waals surface area contributed by atoms with E-state index in [0.717, 1.165) is 5.56 Å². The first-order valence-corrected chi connectivity index (χ1v) is 6.51. The van der Waals surface area contributed by atoms with E-state index < -0.39 is 21.2 Å². The quantitative estimate of drug-likeness (QED) is 0.732. The Morgan fingerprint density at radius 1 is 1.19 bits per heavy atom. The molecule has 0 aromatic heterocycles. The fourth-order valence-corrected chi connectivity index (χ4v) is 3.50. The van der Waals surface area contributed by atoms with Crippen LogP contribution in [0.15, 0.2) is 47.0 Å². The molecule has 16 heavy (non-hydrogen) atoms. The molecular weight excluding hydrogens is 226 g/mol. The molecule has 2 aliphatic rings. The molecule has 5 heteroatoms. The fraction of sp³-hybridized carbons (Fsp3) is 0.182. The number of hydrogen-bond donors (Lipinski definition) is 0. The van der Waals surface area contributed by atoms with E-state index in [9.17, 15) is 8.42 Å². The van der Waals surface area contributed by atoms with Crippen LogP contribution in [0.25, 0.3) is 0 Å². The average Bonchev–Trinajstić information content (AvgIpc) is 2.82. The highest BCUT2D eigenvalue weighted by Gasteiger charge is 2.46. The molecule has 82 valence electrons. The van der Waals surface area contributed by atoms with Gasteiger partial charge in [-0.2, -0.15) is 0 Å². The zero-order valence-electron chi connectivity index (χ0n) is 8.28. The third-order valence-electron chi connectivity index (χ3n) is 2.72. The van der Waals surface area contributed by atoms with Gasteiger partial charge in [-0.25, -0.2) is 8.42 Å². The van der Waals surface area contributed by atoms with Gasteiger partial charge >= 0.3 is 0 Å². The van der Waals surface area contributed by atoms with Gasteiger partial charge in [0.1, 0.15) is 5.71 Å². The van der Waals surface area contributed by atoms with Crippen LogP contribution in [0.3, 0.4) is 0 Å². The predicted octanol–water partition coefficient (Wildman–Crippen LogP) is 1.10. The van der Waals surface area contributed by atoms with Crippen molar-refractivity contribution in [2.75, 3.05) is 0 Å². The van der Waals surface area contributed by atoms with Crippen molar-refractivity contribution in [3.63, 3.8) is 0 Å². The number of benzene rings is 1. The predicted molar refractivity (Wildman–Crippen MR) is 59.7 cm³/mol. The van der Waals surface area contributed by atoms with Gasteiger partial charge in [-0.05, 0) is 6.08 Å². The highest BCUT2D eigenvalue weighted by molar-refractivity contribution is 7.96. The highest BCUT2D eigenvalue weighted by atomic mass is 32.2. The van der Waals surface area contributed by atoms with E-state index in [2.05, 4.69) is 5.16 Å². The van der Waals surface area contributed by atoms with Crippen LogP contribution < -0.4 is 0 Å². The van der Waals surface area contributed by atoms with Gasteiger partial charge in [0.2, 0.25) is 0 Å². The van der Waals surface area contributed by atoms with Gasteiger partial charge in [-0.1, -0.05) is 35.5 Å². The van der Waals surface area contributed by atoms with Crippen LogP contribution in [0, 0.1) is 0 Å². The van der Waals surface area contributed by atoms with Gasteiger partial charge < -0.3 is 4.84 Å². The first-order valence-electron chi connectivity index (χ1n) is 4.90. The van der Waals surface area contributed by atoms with Crippen molar-refractivity contribution in [3.8, 4) is 0 Å². The summed E-state index contributed by atoms with van der Waals surface area (Å²) in [4.78, 5) is 5.10. The maximum atomic E-state index is 11.8. The molecule has 2 heterocycles. The second kappa shape index (κ2) is 3.18. The highest BCUT2D eigenvalue weighted by Crippen LogP contribution is 2.29. The number of fused-ring (bicyclic) bond motifs is 1. The van der Waals surface area contributed by atoms with E-state index in [1.54, 1.807) is 6.08 Å². The van der Waals surface area contributed by atoms with Gasteiger partial charge in [0, 0.05) is 11.0 Å². The minimum atomic E-state index is -3.26. The third kappa shape index (κ3) is 1.28. The molecule has 0 bridgehead atoms. The molecule has 0 radical (unpaired) electrons. The molecule has 0 unspecified atom stereocenters. The third-order valence-corrected chi connectivity index (χ3v) is 4.46. The standard InChI is InChI=1S/C11H9NO3S/c13-16(14)7-6-9-11(16)10(12-15-9)8-4-2-1-3-5-8/h1-7,9,11H/t9-,11-/m1/s1. The molecule has 0 N–H and O–H groups in total. The monoisotopic (exact) mass is 235 g/mol. The van der Waals surface area contributed by atoms with E-state index >= 15 is 0 Å². The Labute approximate surface area is 93.1 Å². The summed E-state index contributed by atoms with van der Waals surface area (Å²) in [6.45, 7) is 0. The van der Waals surface area contributed by atoms with Crippen LogP contribution in [0.1, 0.15) is 5.56 Å². The Hall–Kier alpha value is -1.62. The Balaban J connectivity index is 2.06. The van der Waals surface area contributed by atoms with Crippen molar-refractivity contribution >= 4 is 15.5 Å². The number of nitrogens with zero attached hydrogens (tertiary/aromatic N) is 1. The van der Waals surface area contributed by atoms with Crippen molar-refractivity contribution in [3.05, 3.63) is 47.4 Å². The van der Waals surface area contributed by atoms with E-state index in [-0.39, 0.29) is 0 Å². The molecule has 0 saturated carbocycles. The molecule has 2 atom stereocenters. The van der Waals surface area contributed by atoms with Crippen LogP contribution in [-0.2, 0) is 14.7 Å². The molecule has 0 saturated heterocycles. The molecule has 4 nitrogen and oxygen atoms in total. The average molecular weight is 235 g/mol. The molecule has 0 aliphatic carbocycles. The van der Waals surface area contributed by atoms with Gasteiger partial charge in [0.05, 0.1) is 0 Å². The van der Waals surface area contributed by atoms with Crippen molar-refractivity contribution in [1.29, 1.82) is 0 Å². The lowest BCUT2D eigenvalue weighted by Crippen LogP contribution is -2.31. The summed E-state index contributed by atoms with van der Waals surface area (Å²) < 4.78 is 23.6. The molecule has 1 aromatic carbocycles. The summed E-state index contributed by atoms with van der Waals surface area (Å²) in [5, 5.41) is 4.41. The lowest BCUT2D eigenvalue weighted by Gasteiger charge is -2.08. The minimum Gasteiger partial charge on any atom is -0.386 e. The second-order valence-electron chi connectivity index (χ2n) is 3.75. The summed E-state index contributed by atoms with van der Waals surface area (Å²) in [5.41, 5.74) is 1.29. The Morgan fingerprint density at radius 3 is 2.69 bits per heavy atom. The van der Waals surface area contributed by atoms with Gasteiger partial charge in [0.25, 0.3) is 0 Å². The topological polar surface area (TPSA) is 55.7 Å². The molecule has 1 aromatic rings. The van der Waals surface area contributed by atoms with E-state index in [0.29, 0.717) is 5.71 Å². The van der Waals surface area contributed by atoms with E-state index in [1.165, 1.54) is 5.41 Å². The summed E-state index contributed by atoms with van der Waals surface area (Å²) in [5.74, 6) is 0. The number of rotatable bonds is 1. The Bertz CT molecular complexity index is 575. The molecule has 0 amide bonds. The van der Waals surface area contributed by atoms with E-state index in [4.69, 9.17) is 4.84 Å². The van der Waals surface area contributed by atoms with Gasteiger partial charge in [-0.3, -0.25) is 0 Å². The summed E-state index contributed by atoms with van der Waals surface area (Å²) in [7, 11) is -3.26. The van der Waals surface area contributed by atoms with E-state index in [1.807, 2.05) is 30.3 Å². The lowest BCUT2D eigenvalue weighted by atomic mass is 10.1. The largest absolute Gasteiger partial charge is 0.386 e. The van der Waals surface area contributed by atoms with Crippen molar-refractivity contribution in [2.45, 2.75) is 11.4 Å². The smallest absolute Gasteiger partial charge is 0.184 e. The maximum absolute atomic E-state index is 11.8. The van der Waals surface area contributed by atoms with Gasteiger partial charge in [0.15, 0.2) is 21.2 Å². The summed E-state index contributed by atoms with van der Waals surface area (Å²) in [6, 6.07) is 9.23. The zero-order chi connectivity index (χ0) is 11.2. The number of oxime groups is 1. The number of sulfone groups is 1.